The average molecular weight is 242 g/mol. The molecule has 1 rings (SSSR count). The van der Waals surface area contributed by atoms with E-state index in [0.717, 1.165) is 26.1 Å². The molecule has 1 aliphatic rings. The first-order chi connectivity index (χ1) is 8.19. The summed E-state index contributed by atoms with van der Waals surface area (Å²) in [5, 5.41) is 6.77. The lowest BCUT2D eigenvalue weighted by Gasteiger charge is -2.27. The lowest BCUT2D eigenvalue weighted by molar-refractivity contribution is -0.144. The summed E-state index contributed by atoms with van der Waals surface area (Å²) in [4.78, 5) is 11.7. The lowest BCUT2D eigenvalue weighted by atomic mass is 9.96. The molecule has 0 aliphatic carbocycles. The van der Waals surface area contributed by atoms with Crippen LogP contribution in [0.4, 0.5) is 0 Å². The lowest BCUT2D eigenvalue weighted by Crippen LogP contribution is -2.46. The molecule has 3 atom stereocenters. The highest BCUT2D eigenvalue weighted by Crippen LogP contribution is 2.12. The van der Waals surface area contributed by atoms with Crippen LogP contribution in [0.5, 0.6) is 0 Å². The smallest absolute Gasteiger partial charge is 0.323 e. The first-order valence-electron chi connectivity index (χ1n) is 6.71. The summed E-state index contributed by atoms with van der Waals surface area (Å²) in [5.41, 5.74) is 0. The minimum absolute atomic E-state index is 0.136. The predicted molar refractivity (Wildman–Crippen MR) is 68.9 cm³/mol. The zero-order valence-corrected chi connectivity index (χ0v) is 11.3. The summed E-state index contributed by atoms with van der Waals surface area (Å²) >= 11 is 0. The molecule has 0 aromatic carbocycles. The van der Waals surface area contributed by atoms with Crippen molar-refractivity contribution in [2.45, 2.75) is 39.2 Å². The summed E-state index contributed by atoms with van der Waals surface area (Å²) in [5.74, 6) is 0.821. The van der Waals surface area contributed by atoms with E-state index >= 15 is 0 Å². The quantitative estimate of drug-likeness (QED) is 0.686. The molecule has 0 saturated carbocycles. The van der Waals surface area contributed by atoms with Crippen molar-refractivity contribution in [2.75, 3.05) is 26.7 Å². The van der Waals surface area contributed by atoms with Gasteiger partial charge in [0.1, 0.15) is 6.04 Å². The fraction of sp³-hybridized carbons (Fsp3) is 0.923. The summed E-state index contributed by atoms with van der Waals surface area (Å²) in [7, 11) is 1.46. The molecule has 0 amide bonds. The molecule has 4 nitrogen and oxygen atoms in total. The molecule has 17 heavy (non-hydrogen) atoms. The van der Waals surface area contributed by atoms with Gasteiger partial charge in [-0.1, -0.05) is 20.3 Å². The van der Waals surface area contributed by atoms with E-state index in [9.17, 15) is 4.79 Å². The van der Waals surface area contributed by atoms with Crippen molar-refractivity contribution in [3.63, 3.8) is 0 Å². The Morgan fingerprint density at radius 1 is 1.59 bits per heavy atom. The van der Waals surface area contributed by atoms with E-state index in [1.807, 2.05) is 0 Å². The summed E-state index contributed by atoms with van der Waals surface area (Å²) in [6.07, 6.45) is 3.46. The van der Waals surface area contributed by atoms with Gasteiger partial charge < -0.3 is 15.4 Å². The van der Waals surface area contributed by atoms with E-state index in [1.54, 1.807) is 0 Å². The maximum absolute atomic E-state index is 11.7. The van der Waals surface area contributed by atoms with Crippen molar-refractivity contribution in [1.82, 2.24) is 10.6 Å². The number of nitrogens with one attached hydrogen (secondary N) is 2. The van der Waals surface area contributed by atoms with Gasteiger partial charge in [-0.25, -0.2) is 0 Å². The van der Waals surface area contributed by atoms with Crippen LogP contribution < -0.4 is 10.6 Å². The van der Waals surface area contributed by atoms with Crippen LogP contribution in [0.15, 0.2) is 0 Å². The molecule has 0 spiro atoms. The number of piperidine rings is 1. The van der Waals surface area contributed by atoms with Crippen LogP contribution in [0.3, 0.4) is 0 Å². The van der Waals surface area contributed by atoms with Gasteiger partial charge in [-0.2, -0.15) is 0 Å². The number of carbonyl (C=O) groups is 1. The molecule has 2 N–H and O–H groups in total. The maximum atomic E-state index is 11.7. The topological polar surface area (TPSA) is 50.4 Å². The molecule has 1 fully saturated rings. The zero-order valence-electron chi connectivity index (χ0n) is 11.3. The van der Waals surface area contributed by atoms with E-state index in [1.165, 1.54) is 20.0 Å². The zero-order chi connectivity index (χ0) is 12.7. The van der Waals surface area contributed by atoms with Crippen LogP contribution in [0, 0.1) is 11.8 Å². The molecule has 100 valence electrons. The van der Waals surface area contributed by atoms with Gasteiger partial charge in [-0.15, -0.1) is 0 Å². The third-order valence-electron chi connectivity index (χ3n) is 3.69. The van der Waals surface area contributed by atoms with Gasteiger partial charge in [-0.3, -0.25) is 4.79 Å². The van der Waals surface area contributed by atoms with Gasteiger partial charge in [0.05, 0.1) is 7.11 Å². The molecule has 4 heteroatoms. The monoisotopic (exact) mass is 242 g/mol. The molecule has 0 radical (unpaired) electrons. The molecule has 1 saturated heterocycles. The largest absolute Gasteiger partial charge is 0.468 e. The van der Waals surface area contributed by atoms with Crippen LogP contribution in [0.25, 0.3) is 0 Å². The molecule has 1 aliphatic heterocycles. The maximum Gasteiger partial charge on any atom is 0.323 e. The SMILES string of the molecule is CCC(C)C(NCC1CCCNC1)C(=O)OC. The first-order valence-corrected chi connectivity index (χ1v) is 6.71. The van der Waals surface area contributed by atoms with Crippen molar-refractivity contribution in [3.8, 4) is 0 Å². The van der Waals surface area contributed by atoms with Crippen molar-refractivity contribution in [1.29, 1.82) is 0 Å². The fourth-order valence-corrected chi connectivity index (χ4v) is 2.27. The standard InChI is InChI=1S/C13H26N2O2/c1-4-10(2)12(13(16)17-3)15-9-11-6-5-7-14-8-11/h10-12,14-15H,4-9H2,1-3H3. The fourth-order valence-electron chi connectivity index (χ4n) is 2.27. The average Bonchev–Trinajstić information content (AvgIpc) is 2.39. The number of carbonyl (C=O) groups excluding carboxylic acids is 1. The number of ether oxygens (including phenoxy) is 1. The van der Waals surface area contributed by atoms with E-state index in [-0.39, 0.29) is 12.0 Å². The van der Waals surface area contributed by atoms with Gasteiger partial charge >= 0.3 is 5.97 Å². The Morgan fingerprint density at radius 2 is 2.35 bits per heavy atom. The Balaban J connectivity index is 2.39. The Hall–Kier alpha value is -0.610. The van der Waals surface area contributed by atoms with Gasteiger partial charge in [0.15, 0.2) is 0 Å². The molecular weight excluding hydrogens is 216 g/mol. The number of rotatable bonds is 6. The summed E-state index contributed by atoms with van der Waals surface area (Å²) in [6.45, 7) is 7.28. The third kappa shape index (κ3) is 4.64. The molecule has 0 aromatic heterocycles. The molecule has 3 unspecified atom stereocenters. The molecule has 0 bridgehead atoms. The van der Waals surface area contributed by atoms with Crippen LogP contribution in [0.2, 0.25) is 0 Å². The van der Waals surface area contributed by atoms with E-state index < -0.39 is 0 Å². The highest BCUT2D eigenvalue weighted by molar-refractivity contribution is 5.75. The van der Waals surface area contributed by atoms with Crippen LogP contribution in [-0.4, -0.2) is 38.8 Å². The number of esters is 1. The highest BCUT2D eigenvalue weighted by Gasteiger charge is 2.25. The second-order valence-corrected chi connectivity index (χ2v) is 5.01. The van der Waals surface area contributed by atoms with Crippen molar-refractivity contribution in [3.05, 3.63) is 0 Å². The van der Waals surface area contributed by atoms with E-state index in [2.05, 4.69) is 24.5 Å². The minimum atomic E-state index is -0.160. The Morgan fingerprint density at radius 3 is 2.88 bits per heavy atom. The van der Waals surface area contributed by atoms with Gasteiger partial charge in [-0.05, 0) is 44.3 Å². The summed E-state index contributed by atoms with van der Waals surface area (Å²) in [6, 6.07) is -0.160. The Kier molecular flexibility index (Phi) is 6.52. The van der Waals surface area contributed by atoms with Gasteiger partial charge in [0, 0.05) is 0 Å². The molecule has 1 heterocycles. The highest BCUT2D eigenvalue weighted by atomic mass is 16.5. The molecule has 0 aromatic rings. The predicted octanol–water partition coefficient (Wildman–Crippen LogP) is 1.16. The second-order valence-electron chi connectivity index (χ2n) is 5.01. The van der Waals surface area contributed by atoms with E-state index in [4.69, 9.17) is 4.74 Å². The summed E-state index contributed by atoms with van der Waals surface area (Å²) < 4.78 is 4.86. The Bertz CT molecular complexity index is 227. The van der Waals surface area contributed by atoms with Gasteiger partial charge in [0.25, 0.3) is 0 Å². The first kappa shape index (κ1) is 14.5. The molecular formula is C13H26N2O2. The van der Waals surface area contributed by atoms with Crippen molar-refractivity contribution >= 4 is 5.97 Å². The minimum Gasteiger partial charge on any atom is -0.468 e. The third-order valence-corrected chi connectivity index (χ3v) is 3.69. The normalized spacial score (nSPS) is 24.1. The number of hydrogen-bond donors (Lipinski definition) is 2. The van der Waals surface area contributed by atoms with Gasteiger partial charge in [0.2, 0.25) is 0 Å². The second kappa shape index (κ2) is 7.67. The van der Waals surface area contributed by atoms with Crippen molar-refractivity contribution < 1.29 is 9.53 Å². The van der Waals surface area contributed by atoms with Crippen LogP contribution in [-0.2, 0) is 9.53 Å². The number of hydrogen-bond acceptors (Lipinski definition) is 4. The van der Waals surface area contributed by atoms with Crippen molar-refractivity contribution in [2.24, 2.45) is 11.8 Å². The van der Waals surface area contributed by atoms with E-state index in [0.29, 0.717) is 11.8 Å². The Labute approximate surface area is 104 Å². The van der Waals surface area contributed by atoms with Crippen LogP contribution >= 0.6 is 0 Å². The van der Waals surface area contributed by atoms with Crippen LogP contribution in [0.1, 0.15) is 33.1 Å². The number of methoxy groups -OCH3 is 1.